The summed E-state index contributed by atoms with van der Waals surface area (Å²) in [5.74, 6) is 0.352. The van der Waals surface area contributed by atoms with Crippen molar-refractivity contribution in [1.29, 1.82) is 0 Å². The number of rotatable bonds is 6. The van der Waals surface area contributed by atoms with Crippen LogP contribution in [0, 0.1) is 13.8 Å². The van der Waals surface area contributed by atoms with Gasteiger partial charge in [-0.3, -0.25) is 0 Å². The first-order valence-electron chi connectivity index (χ1n) is 10.2. The molecule has 0 saturated heterocycles. The molecule has 2 heteroatoms. The van der Waals surface area contributed by atoms with Crippen LogP contribution < -0.4 is 0 Å². The Labute approximate surface area is 163 Å². The summed E-state index contributed by atoms with van der Waals surface area (Å²) in [5, 5.41) is 20.2. The number of aliphatic hydroxyl groups is 1. The Kier molecular flexibility index (Phi) is 5.48. The Bertz CT molecular complexity index is 839. The summed E-state index contributed by atoms with van der Waals surface area (Å²) in [6, 6.07) is 12.7. The third-order valence-corrected chi connectivity index (χ3v) is 6.57. The van der Waals surface area contributed by atoms with Gasteiger partial charge in [-0.15, -0.1) is 0 Å². The van der Waals surface area contributed by atoms with E-state index in [-0.39, 0.29) is 5.41 Å². The molecule has 0 unspecified atom stereocenters. The van der Waals surface area contributed by atoms with Crippen molar-refractivity contribution in [2.75, 3.05) is 0 Å². The number of benzene rings is 2. The zero-order valence-corrected chi connectivity index (χ0v) is 17.0. The van der Waals surface area contributed by atoms with Crippen molar-refractivity contribution >= 4 is 6.08 Å². The number of aromatic hydroxyl groups is 1. The minimum Gasteiger partial charge on any atom is -0.508 e. The predicted molar refractivity (Wildman–Crippen MR) is 113 cm³/mol. The fourth-order valence-electron chi connectivity index (χ4n) is 4.30. The van der Waals surface area contributed by atoms with E-state index in [1.807, 2.05) is 19.1 Å². The van der Waals surface area contributed by atoms with Crippen molar-refractivity contribution in [3.05, 3.63) is 70.3 Å². The molecule has 0 aromatic heterocycles. The molecule has 1 aliphatic carbocycles. The molecule has 3 rings (SSSR count). The van der Waals surface area contributed by atoms with Crippen LogP contribution in [-0.4, -0.2) is 15.8 Å². The molecule has 0 amide bonds. The van der Waals surface area contributed by atoms with Gasteiger partial charge in [0.15, 0.2) is 0 Å². The van der Waals surface area contributed by atoms with Gasteiger partial charge in [0, 0.05) is 5.41 Å². The lowest BCUT2D eigenvalue weighted by Gasteiger charge is -2.34. The van der Waals surface area contributed by atoms with E-state index in [2.05, 4.69) is 57.2 Å². The van der Waals surface area contributed by atoms with E-state index in [0.29, 0.717) is 5.75 Å². The van der Waals surface area contributed by atoms with Crippen LogP contribution in [0.3, 0.4) is 0 Å². The second-order valence-electron chi connectivity index (χ2n) is 8.15. The average molecular weight is 365 g/mol. The summed E-state index contributed by atoms with van der Waals surface area (Å²) in [6.07, 6.45) is 8.90. The average Bonchev–Trinajstić information content (AvgIpc) is 2.63. The van der Waals surface area contributed by atoms with Gasteiger partial charge in [0.2, 0.25) is 0 Å². The van der Waals surface area contributed by atoms with Crippen molar-refractivity contribution < 1.29 is 10.2 Å². The lowest BCUT2D eigenvalue weighted by molar-refractivity contribution is 0.0150. The van der Waals surface area contributed by atoms with E-state index in [1.165, 1.54) is 22.3 Å². The van der Waals surface area contributed by atoms with Gasteiger partial charge in [0.05, 0.1) is 5.60 Å². The van der Waals surface area contributed by atoms with Gasteiger partial charge in [-0.1, -0.05) is 56.3 Å². The van der Waals surface area contributed by atoms with Crippen molar-refractivity contribution in [1.82, 2.24) is 0 Å². The lowest BCUT2D eigenvalue weighted by Crippen LogP contribution is -2.33. The Morgan fingerprint density at radius 2 is 1.56 bits per heavy atom. The van der Waals surface area contributed by atoms with Gasteiger partial charge in [-0.25, -0.2) is 0 Å². The smallest absolute Gasteiger partial charge is 0.118 e. The molecule has 27 heavy (non-hydrogen) atoms. The van der Waals surface area contributed by atoms with Crippen LogP contribution in [0.25, 0.3) is 6.08 Å². The first-order valence-corrected chi connectivity index (χ1v) is 10.2. The summed E-state index contributed by atoms with van der Waals surface area (Å²) in [4.78, 5) is 0. The quantitative estimate of drug-likeness (QED) is 0.655. The third-order valence-electron chi connectivity index (χ3n) is 6.57. The number of phenols is 1. The number of hydrogen-bond acceptors (Lipinski definition) is 2. The monoisotopic (exact) mass is 364 g/mol. The minimum atomic E-state index is -0.592. The third kappa shape index (κ3) is 3.68. The molecule has 0 heterocycles. The van der Waals surface area contributed by atoms with Gasteiger partial charge in [0.1, 0.15) is 5.75 Å². The van der Waals surface area contributed by atoms with E-state index in [4.69, 9.17) is 0 Å². The first kappa shape index (κ1) is 19.7. The molecular weight excluding hydrogens is 332 g/mol. The number of phenolic OH excluding ortho intramolecular Hbond substituents is 1. The van der Waals surface area contributed by atoms with Gasteiger partial charge >= 0.3 is 0 Å². The predicted octanol–water partition coefficient (Wildman–Crippen LogP) is 6.04. The standard InChI is InChI=1S/C25H32O2/c1-5-25(6-2,22-10-11-23(26)19(4)17-22)21-9-8-20(18(3)16-21)12-15-24(27)13-7-14-24/h8-12,15-17,26-27H,5-7,13-14H2,1-4H3. The number of hydrogen-bond donors (Lipinski definition) is 2. The van der Waals surface area contributed by atoms with Gasteiger partial charge < -0.3 is 10.2 Å². The summed E-state index contributed by atoms with van der Waals surface area (Å²) in [5.41, 5.74) is 5.24. The van der Waals surface area contributed by atoms with Crippen LogP contribution in [0.2, 0.25) is 0 Å². The fraction of sp³-hybridized carbons (Fsp3) is 0.440. The minimum absolute atomic E-state index is 0.0579. The molecule has 144 valence electrons. The fourth-order valence-corrected chi connectivity index (χ4v) is 4.30. The zero-order valence-electron chi connectivity index (χ0n) is 17.0. The van der Waals surface area contributed by atoms with E-state index >= 15 is 0 Å². The molecule has 0 bridgehead atoms. The van der Waals surface area contributed by atoms with Gasteiger partial charge in [0.25, 0.3) is 0 Å². The Hall–Kier alpha value is -2.06. The molecule has 1 aliphatic rings. The topological polar surface area (TPSA) is 40.5 Å². The van der Waals surface area contributed by atoms with Crippen molar-refractivity contribution in [2.45, 2.75) is 70.8 Å². The highest BCUT2D eigenvalue weighted by Gasteiger charge is 2.32. The van der Waals surface area contributed by atoms with Crippen molar-refractivity contribution in [3.63, 3.8) is 0 Å². The SMILES string of the molecule is CCC(CC)(c1ccc(O)c(C)c1)c1ccc(C=CC2(O)CCC2)c(C)c1. The van der Waals surface area contributed by atoms with Crippen LogP contribution in [-0.2, 0) is 5.41 Å². The second-order valence-corrected chi connectivity index (χ2v) is 8.15. The van der Waals surface area contributed by atoms with E-state index in [1.54, 1.807) is 0 Å². The van der Waals surface area contributed by atoms with Crippen LogP contribution in [0.1, 0.15) is 73.8 Å². The maximum absolute atomic E-state index is 10.3. The van der Waals surface area contributed by atoms with Crippen LogP contribution in [0.4, 0.5) is 0 Å². The summed E-state index contributed by atoms with van der Waals surface area (Å²) in [6.45, 7) is 8.58. The maximum atomic E-state index is 10.3. The molecule has 0 spiro atoms. The molecule has 2 nitrogen and oxygen atoms in total. The van der Waals surface area contributed by atoms with E-state index in [9.17, 15) is 10.2 Å². The molecule has 2 aromatic carbocycles. The van der Waals surface area contributed by atoms with E-state index in [0.717, 1.165) is 37.7 Å². The van der Waals surface area contributed by atoms with Gasteiger partial charge in [-0.05, 0) is 79.8 Å². The summed E-state index contributed by atoms with van der Waals surface area (Å²) < 4.78 is 0. The molecule has 0 atom stereocenters. The number of aryl methyl sites for hydroxylation is 2. The van der Waals surface area contributed by atoms with Crippen molar-refractivity contribution in [2.24, 2.45) is 0 Å². The first-order chi connectivity index (χ1) is 12.8. The molecule has 2 aromatic rings. The second kappa shape index (κ2) is 7.52. The van der Waals surface area contributed by atoms with Crippen molar-refractivity contribution in [3.8, 4) is 5.75 Å². The highest BCUT2D eigenvalue weighted by molar-refractivity contribution is 5.57. The Morgan fingerprint density at radius 3 is 2.04 bits per heavy atom. The summed E-state index contributed by atoms with van der Waals surface area (Å²) in [7, 11) is 0. The Balaban J connectivity index is 1.98. The van der Waals surface area contributed by atoms with Crippen LogP contribution in [0.5, 0.6) is 5.75 Å². The Morgan fingerprint density at radius 1 is 0.963 bits per heavy atom. The molecule has 1 fully saturated rings. The highest BCUT2D eigenvalue weighted by Crippen LogP contribution is 2.41. The van der Waals surface area contributed by atoms with Gasteiger partial charge in [-0.2, -0.15) is 0 Å². The zero-order chi connectivity index (χ0) is 19.7. The van der Waals surface area contributed by atoms with Crippen LogP contribution >= 0.6 is 0 Å². The molecule has 0 radical (unpaired) electrons. The lowest BCUT2D eigenvalue weighted by atomic mass is 9.70. The molecule has 0 aliphatic heterocycles. The summed E-state index contributed by atoms with van der Waals surface area (Å²) >= 11 is 0. The molecule has 2 N–H and O–H groups in total. The largest absolute Gasteiger partial charge is 0.508 e. The highest BCUT2D eigenvalue weighted by atomic mass is 16.3. The molecule has 1 saturated carbocycles. The van der Waals surface area contributed by atoms with E-state index < -0.39 is 5.60 Å². The molecular formula is C25H32O2. The van der Waals surface area contributed by atoms with Crippen LogP contribution in [0.15, 0.2) is 42.5 Å². The maximum Gasteiger partial charge on any atom is 0.118 e. The normalized spacial score (nSPS) is 16.5.